The highest BCUT2D eigenvalue weighted by molar-refractivity contribution is 5.11. The fourth-order valence-corrected chi connectivity index (χ4v) is 4.72. The van der Waals surface area contributed by atoms with Crippen LogP contribution in [-0.2, 0) is 0 Å². The lowest BCUT2D eigenvalue weighted by Gasteiger charge is -2.39. The van der Waals surface area contributed by atoms with Crippen molar-refractivity contribution in [3.05, 3.63) is 12.2 Å². The molecule has 3 rings (SSSR count). The van der Waals surface area contributed by atoms with Crippen molar-refractivity contribution < 1.29 is 0 Å². The summed E-state index contributed by atoms with van der Waals surface area (Å²) in [5, 5.41) is 3.90. The summed E-state index contributed by atoms with van der Waals surface area (Å²) in [5.74, 6) is 2.65. The van der Waals surface area contributed by atoms with Crippen LogP contribution in [0.3, 0.4) is 0 Å². The summed E-state index contributed by atoms with van der Waals surface area (Å²) in [6.45, 7) is 3.59. The zero-order valence-electron chi connectivity index (χ0n) is 12.9. The minimum absolute atomic E-state index is 0.432. The van der Waals surface area contributed by atoms with Gasteiger partial charge >= 0.3 is 0 Å². The molecule has 2 saturated carbocycles. The number of likely N-dealkylation sites (N-methyl/N-ethyl adjacent to an activating group) is 1. The topological polar surface area (TPSA) is 15.3 Å². The first kappa shape index (κ1) is 13.6. The van der Waals surface area contributed by atoms with Crippen LogP contribution in [0.25, 0.3) is 0 Å². The quantitative estimate of drug-likeness (QED) is 0.766. The highest BCUT2D eigenvalue weighted by Gasteiger charge is 2.40. The van der Waals surface area contributed by atoms with E-state index in [2.05, 4.69) is 43.4 Å². The zero-order chi connectivity index (χ0) is 13.5. The fraction of sp³-hybridized carbons (Fsp3) is 0.882. The highest BCUT2D eigenvalue weighted by Crippen LogP contribution is 2.45. The molecule has 19 heavy (non-hydrogen) atoms. The van der Waals surface area contributed by atoms with E-state index in [0.29, 0.717) is 11.6 Å². The highest BCUT2D eigenvalue weighted by atomic mass is 15.2. The summed E-state index contributed by atoms with van der Waals surface area (Å²) in [5.41, 5.74) is 0.432. The molecule has 2 heteroatoms. The standard InChI is InChI=1S/C17H30N2/c1-13(16-11-14-6-7-15(16)10-14)18-12-17(19(2)3)8-4-5-9-17/h6-7,13-16,18H,4-5,8-12H2,1-3H3. The first-order chi connectivity index (χ1) is 9.11. The van der Waals surface area contributed by atoms with E-state index in [1.165, 1.54) is 45.1 Å². The molecule has 4 unspecified atom stereocenters. The van der Waals surface area contributed by atoms with Crippen LogP contribution in [0.2, 0.25) is 0 Å². The molecular formula is C17H30N2. The van der Waals surface area contributed by atoms with Gasteiger partial charge in [-0.1, -0.05) is 25.0 Å². The van der Waals surface area contributed by atoms with Gasteiger partial charge in [0.05, 0.1) is 0 Å². The summed E-state index contributed by atoms with van der Waals surface area (Å²) in [6.07, 6.45) is 13.3. The third kappa shape index (κ3) is 2.50. The first-order valence-electron chi connectivity index (χ1n) is 8.20. The van der Waals surface area contributed by atoms with Gasteiger partial charge in [0.15, 0.2) is 0 Å². The van der Waals surface area contributed by atoms with E-state index in [1.54, 1.807) is 0 Å². The normalized spacial score (nSPS) is 37.4. The average Bonchev–Trinajstić information content (AvgIpc) is 3.11. The molecule has 2 nitrogen and oxygen atoms in total. The lowest BCUT2D eigenvalue weighted by atomic mass is 9.86. The van der Waals surface area contributed by atoms with Gasteiger partial charge in [0, 0.05) is 18.1 Å². The maximum absolute atomic E-state index is 3.90. The summed E-state index contributed by atoms with van der Waals surface area (Å²) in [7, 11) is 4.52. The smallest absolute Gasteiger partial charge is 0.0327 e. The van der Waals surface area contributed by atoms with Gasteiger partial charge in [-0.2, -0.15) is 0 Å². The van der Waals surface area contributed by atoms with Crippen LogP contribution in [0.15, 0.2) is 12.2 Å². The summed E-state index contributed by atoms with van der Waals surface area (Å²) in [4.78, 5) is 2.47. The predicted molar refractivity (Wildman–Crippen MR) is 81.2 cm³/mol. The Hall–Kier alpha value is -0.340. The van der Waals surface area contributed by atoms with Crippen molar-refractivity contribution in [2.75, 3.05) is 20.6 Å². The van der Waals surface area contributed by atoms with Gasteiger partial charge in [-0.15, -0.1) is 0 Å². The average molecular weight is 262 g/mol. The Balaban J connectivity index is 1.55. The second-order valence-electron chi connectivity index (χ2n) is 7.44. The van der Waals surface area contributed by atoms with Gasteiger partial charge in [0.1, 0.15) is 0 Å². The molecule has 3 aliphatic rings. The predicted octanol–water partition coefficient (Wildman–Crippen LogP) is 3.05. The molecule has 0 aromatic heterocycles. The Morgan fingerprint density at radius 2 is 1.95 bits per heavy atom. The molecule has 0 aliphatic heterocycles. The monoisotopic (exact) mass is 262 g/mol. The molecule has 0 spiro atoms. The van der Waals surface area contributed by atoms with E-state index in [0.717, 1.165) is 17.8 Å². The second kappa shape index (κ2) is 5.21. The molecule has 0 aromatic carbocycles. The van der Waals surface area contributed by atoms with Crippen molar-refractivity contribution in [1.82, 2.24) is 10.2 Å². The van der Waals surface area contributed by atoms with Crippen LogP contribution in [0.5, 0.6) is 0 Å². The van der Waals surface area contributed by atoms with Crippen molar-refractivity contribution in [2.24, 2.45) is 17.8 Å². The van der Waals surface area contributed by atoms with Crippen LogP contribution >= 0.6 is 0 Å². The molecule has 108 valence electrons. The SMILES string of the molecule is CC(NCC1(N(C)C)CCCC1)C1CC2C=CC1C2. The van der Waals surface area contributed by atoms with Crippen molar-refractivity contribution >= 4 is 0 Å². The van der Waals surface area contributed by atoms with E-state index in [4.69, 9.17) is 0 Å². The van der Waals surface area contributed by atoms with Gasteiger partial charge in [-0.3, -0.25) is 0 Å². The molecule has 0 radical (unpaired) electrons. The number of fused-ring (bicyclic) bond motifs is 2. The number of hydrogen-bond donors (Lipinski definition) is 1. The van der Waals surface area contributed by atoms with Crippen LogP contribution < -0.4 is 5.32 Å². The third-order valence-electron chi connectivity index (χ3n) is 6.21. The molecular weight excluding hydrogens is 232 g/mol. The van der Waals surface area contributed by atoms with E-state index in [1.807, 2.05) is 0 Å². The summed E-state index contributed by atoms with van der Waals surface area (Å²) < 4.78 is 0. The van der Waals surface area contributed by atoms with Gasteiger partial charge in [-0.05, 0) is 64.5 Å². The van der Waals surface area contributed by atoms with Crippen molar-refractivity contribution in [2.45, 2.75) is 57.0 Å². The van der Waals surface area contributed by atoms with Crippen LogP contribution in [0, 0.1) is 17.8 Å². The lowest BCUT2D eigenvalue weighted by molar-refractivity contribution is 0.143. The molecule has 0 saturated heterocycles. The van der Waals surface area contributed by atoms with Crippen LogP contribution in [0.1, 0.15) is 45.4 Å². The second-order valence-corrected chi connectivity index (χ2v) is 7.44. The molecule has 4 atom stereocenters. The van der Waals surface area contributed by atoms with Crippen molar-refractivity contribution in [3.63, 3.8) is 0 Å². The summed E-state index contributed by atoms with van der Waals surface area (Å²) in [6, 6.07) is 0.678. The maximum atomic E-state index is 3.90. The summed E-state index contributed by atoms with van der Waals surface area (Å²) >= 11 is 0. The number of allylic oxidation sites excluding steroid dienone is 2. The minimum Gasteiger partial charge on any atom is -0.312 e. The number of hydrogen-bond acceptors (Lipinski definition) is 2. The van der Waals surface area contributed by atoms with E-state index >= 15 is 0 Å². The Morgan fingerprint density at radius 3 is 2.47 bits per heavy atom. The molecule has 3 aliphatic carbocycles. The molecule has 0 amide bonds. The van der Waals surface area contributed by atoms with E-state index in [9.17, 15) is 0 Å². The Morgan fingerprint density at radius 1 is 1.21 bits per heavy atom. The minimum atomic E-state index is 0.432. The van der Waals surface area contributed by atoms with Crippen LogP contribution in [0.4, 0.5) is 0 Å². The van der Waals surface area contributed by atoms with E-state index in [-0.39, 0.29) is 0 Å². The lowest BCUT2D eigenvalue weighted by Crippen LogP contribution is -2.52. The number of rotatable bonds is 5. The first-order valence-corrected chi connectivity index (χ1v) is 8.20. The molecule has 1 N–H and O–H groups in total. The van der Waals surface area contributed by atoms with Gasteiger partial charge < -0.3 is 10.2 Å². The van der Waals surface area contributed by atoms with Crippen molar-refractivity contribution in [1.29, 1.82) is 0 Å². The number of nitrogens with zero attached hydrogens (tertiary/aromatic N) is 1. The zero-order valence-corrected chi connectivity index (χ0v) is 12.9. The fourth-order valence-electron chi connectivity index (χ4n) is 4.72. The number of nitrogens with one attached hydrogen (secondary N) is 1. The Bertz CT molecular complexity index is 341. The third-order valence-corrected chi connectivity index (χ3v) is 6.21. The maximum Gasteiger partial charge on any atom is 0.0327 e. The molecule has 0 aromatic rings. The van der Waals surface area contributed by atoms with Gasteiger partial charge in [0.2, 0.25) is 0 Å². The van der Waals surface area contributed by atoms with Crippen LogP contribution in [-0.4, -0.2) is 37.1 Å². The van der Waals surface area contributed by atoms with E-state index < -0.39 is 0 Å². The Kier molecular flexibility index (Phi) is 3.74. The largest absolute Gasteiger partial charge is 0.312 e. The van der Waals surface area contributed by atoms with Gasteiger partial charge in [-0.25, -0.2) is 0 Å². The Labute approximate surface area is 118 Å². The van der Waals surface area contributed by atoms with Gasteiger partial charge in [0.25, 0.3) is 0 Å². The van der Waals surface area contributed by atoms with Crippen molar-refractivity contribution in [3.8, 4) is 0 Å². The molecule has 2 fully saturated rings. The molecule has 2 bridgehead atoms. The molecule has 0 heterocycles.